The lowest BCUT2D eigenvalue weighted by Gasteiger charge is -2.30. The van der Waals surface area contributed by atoms with E-state index in [4.69, 9.17) is 9.47 Å². The summed E-state index contributed by atoms with van der Waals surface area (Å²) in [5.74, 6) is 1.27. The van der Waals surface area contributed by atoms with Crippen LogP contribution in [0, 0.1) is 0 Å². The molecule has 2 rings (SSSR count). The summed E-state index contributed by atoms with van der Waals surface area (Å²) < 4.78 is 11.3. The van der Waals surface area contributed by atoms with E-state index in [1.54, 1.807) is 4.90 Å². The average molecular weight is 455 g/mol. The first-order chi connectivity index (χ1) is 16.0. The molecule has 0 saturated heterocycles. The molecule has 0 heterocycles. The zero-order valence-corrected chi connectivity index (χ0v) is 20.4. The molecule has 1 N–H and O–H groups in total. The number of benzene rings is 2. The van der Waals surface area contributed by atoms with Crippen LogP contribution in [0.5, 0.6) is 11.5 Å². The summed E-state index contributed by atoms with van der Waals surface area (Å²) in [6, 6.07) is 15.1. The van der Waals surface area contributed by atoms with Crippen molar-refractivity contribution in [3.05, 3.63) is 59.7 Å². The number of carbonyl (C=O) groups excluding carboxylic acids is 2. The lowest BCUT2D eigenvalue weighted by Crippen LogP contribution is -2.49. The van der Waals surface area contributed by atoms with Crippen molar-refractivity contribution < 1.29 is 19.1 Å². The van der Waals surface area contributed by atoms with E-state index in [-0.39, 0.29) is 11.8 Å². The predicted octanol–water partition coefficient (Wildman–Crippen LogP) is 4.75. The van der Waals surface area contributed by atoms with Crippen molar-refractivity contribution in [3.8, 4) is 11.5 Å². The van der Waals surface area contributed by atoms with E-state index in [0.717, 1.165) is 17.5 Å². The second-order valence-corrected chi connectivity index (χ2v) is 7.87. The van der Waals surface area contributed by atoms with Crippen LogP contribution in [0.2, 0.25) is 0 Å². The van der Waals surface area contributed by atoms with Crippen molar-refractivity contribution in [2.24, 2.45) is 0 Å². The topological polar surface area (TPSA) is 67.9 Å². The minimum absolute atomic E-state index is 0.0378. The van der Waals surface area contributed by atoms with E-state index in [9.17, 15) is 9.59 Å². The fraction of sp³-hybridized carbons (Fsp3) is 0.481. The molecule has 6 heteroatoms. The third-order valence-electron chi connectivity index (χ3n) is 5.37. The van der Waals surface area contributed by atoms with Crippen molar-refractivity contribution in [1.29, 1.82) is 0 Å². The van der Waals surface area contributed by atoms with E-state index in [1.807, 2.05) is 76.2 Å². The Hall–Kier alpha value is -3.02. The highest BCUT2D eigenvalue weighted by atomic mass is 16.5. The first-order valence-electron chi connectivity index (χ1n) is 12.0. The number of ether oxygens (including phenoxy) is 2. The summed E-state index contributed by atoms with van der Waals surface area (Å²) in [4.78, 5) is 27.9. The van der Waals surface area contributed by atoms with Gasteiger partial charge >= 0.3 is 0 Å². The molecule has 0 spiro atoms. The summed E-state index contributed by atoms with van der Waals surface area (Å²) in [5, 5.41) is 2.95. The van der Waals surface area contributed by atoms with Gasteiger partial charge in [0.05, 0.1) is 13.2 Å². The van der Waals surface area contributed by atoms with Gasteiger partial charge in [0.15, 0.2) is 11.5 Å². The van der Waals surface area contributed by atoms with Crippen molar-refractivity contribution in [2.45, 2.75) is 66.0 Å². The molecule has 0 fully saturated rings. The number of hydrogen-bond donors (Lipinski definition) is 1. The molecule has 0 aliphatic rings. The maximum absolute atomic E-state index is 13.4. The highest BCUT2D eigenvalue weighted by Gasteiger charge is 2.28. The molecule has 0 aromatic heterocycles. The Morgan fingerprint density at radius 3 is 2.24 bits per heavy atom. The summed E-state index contributed by atoms with van der Waals surface area (Å²) >= 11 is 0. The molecule has 2 aromatic carbocycles. The molecule has 2 aromatic rings. The SMILES string of the molecule is CCCNC(=O)[C@H](CC)N(Cc1ccccc1)C(=O)CCc1ccc(OCC)c(OCC)c1. The molecule has 0 aliphatic heterocycles. The van der Waals surface area contributed by atoms with Crippen LogP contribution >= 0.6 is 0 Å². The standard InChI is InChI=1S/C27H38N2O4/c1-5-18-28-27(31)23(6-2)29(20-22-12-10-9-11-13-22)26(30)17-15-21-14-16-24(32-7-3)25(19-21)33-8-4/h9-14,16,19,23H,5-8,15,17-18,20H2,1-4H3,(H,28,31)/t23-/m0/s1. The molecule has 0 saturated carbocycles. The Kier molecular flexibility index (Phi) is 11.3. The van der Waals surface area contributed by atoms with Gasteiger partial charge in [0.1, 0.15) is 6.04 Å². The Bertz CT molecular complexity index is 870. The Morgan fingerprint density at radius 2 is 1.61 bits per heavy atom. The van der Waals surface area contributed by atoms with Gasteiger partial charge in [0, 0.05) is 19.5 Å². The number of nitrogens with one attached hydrogen (secondary N) is 1. The van der Waals surface area contributed by atoms with E-state index in [2.05, 4.69) is 5.32 Å². The summed E-state index contributed by atoms with van der Waals surface area (Å²) in [7, 11) is 0. The number of aryl methyl sites for hydroxylation is 1. The van der Waals surface area contributed by atoms with Crippen LogP contribution in [0.25, 0.3) is 0 Å². The maximum atomic E-state index is 13.4. The second-order valence-electron chi connectivity index (χ2n) is 7.87. The predicted molar refractivity (Wildman–Crippen MR) is 131 cm³/mol. The number of amides is 2. The van der Waals surface area contributed by atoms with Crippen molar-refractivity contribution in [3.63, 3.8) is 0 Å². The molecule has 0 radical (unpaired) electrons. The summed E-state index contributed by atoms with van der Waals surface area (Å²) in [6.07, 6.45) is 2.29. The van der Waals surface area contributed by atoms with Crippen LogP contribution in [-0.4, -0.2) is 42.5 Å². The van der Waals surface area contributed by atoms with Crippen LogP contribution in [0.1, 0.15) is 58.1 Å². The molecule has 1 atom stereocenters. The first kappa shape index (κ1) is 26.2. The smallest absolute Gasteiger partial charge is 0.242 e. The van der Waals surface area contributed by atoms with Crippen molar-refractivity contribution >= 4 is 11.8 Å². The van der Waals surface area contributed by atoms with Gasteiger partial charge in [-0.2, -0.15) is 0 Å². The summed E-state index contributed by atoms with van der Waals surface area (Å²) in [6.45, 7) is 9.94. The lowest BCUT2D eigenvalue weighted by molar-refractivity contribution is -0.141. The van der Waals surface area contributed by atoms with E-state index >= 15 is 0 Å². The third kappa shape index (κ3) is 8.12. The van der Waals surface area contributed by atoms with E-state index < -0.39 is 6.04 Å². The zero-order chi connectivity index (χ0) is 24.1. The third-order valence-corrected chi connectivity index (χ3v) is 5.37. The first-order valence-corrected chi connectivity index (χ1v) is 12.0. The lowest BCUT2D eigenvalue weighted by atomic mass is 10.1. The molecule has 0 bridgehead atoms. The molecule has 0 unspecified atom stereocenters. The van der Waals surface area contributed by atoms with Crippen LogP contribution in [0.4, 0.5) is 0 Å². The number of carbonyl (C=O) groups is 2. The van der Waals surface area contributed by atoms with Gasteiger partial charge < -0.3 is 19.7 Å². The average Bonchev–Trinajstić information content (AvgIpc) is 2.83. The Balaban J connectivity index is 2.18. The molecule has 2 amide bonds. The van der Waals surface area contributed by atoms with Crippen LogP contribution in [0.3, 0.4) is 0 Å². The fourth-order valence-corrected chi connectivity index (χ4v) is 3.71. The minimum atomic E-state index is -0.497. The van der Waals surface area contributed by atoms with Gasteiger partial charge in [-0.25, -0.2) is 0 Å². The second kappa shape index (κ2) is 14.2. The van der Waals surface area contributed by atoms with E-state index in [1.165, 1.54) is 0 Å². The van der Waals surface area contributed by atoms with Crippen molar-refractivity contribution in [2.75, 3.05) is 19.8 Å². The van der Waals surface area contributed by atoms with Gasteiger partial charge in [0.2, 0.25) is 11.8 Å². The highest BCUT2D eigenvalue weighted by molar-refractivity contribution is 5.87. The number of rotatable bonds is 14. The van der Waals surface area contributed by atoms with Gasteiger partial charge in [-0.05, 0) is 56.4 Å². The molecule has 180 valence electrons. The minimum Gasteiger partial charge on any atom is -0.490 e. The Morgan fingerprint density at radius 1 is 0.909 bits per heavy atom. The molecular weight excluding hydrogens is 416 g/mol. The normalized spacial score (nSPS) is 11.5. The van der Waals surface area contributed by atoms with E-state index in [0.29, 0.717) is 57.1 Å². The van der Waals surface area contributed by atoms with Gasteiger partial charge in [0.25, 0.3) is 0 Å². The molecule has 0 aliphatic carbocycles. The fourth-order valence-electron chi connectivity index (χ4n) is 3.71. The van der Waals surface area contributed by atoms with Gasteiger partial charge in [-0.3, -0.25) is 9.59 Å². The molecule has 6 nitrogen and oxygen atoms in total. The Labute approximate surface area is 198 Å². The largest absolute Gasteiger partial charge is 0.490 e. The monoisotopic (exact) mass is 454 g/mol. The van der Waals surface area contributed by atoms with Crippen molar-refractivity contribution in [1.82, 2.24) is 10.2 Å². The van der Waals surface area contributed by atoms with Crippen LogP contribution in [0.15, 0.2) is 48.5 Å². The number of nitrogens with zero attached hydrogens (tertiary/aromatic N) is 1. The number of hydrogen-bond acceptors (Lipinski definition) is 4. The highest BCUT2D eigenvalue weighted by Crippen LogP contribution is 2.29. The van der Waals surface area contributed by atoms with Crippen LogP contribution < -0.4 is 14.8 Å². The molecular formula is C27H38N2O4. The van der Waals surface area contributed by atoms with Gasteiger partial charge in [-0.1, -0.05) is 50.2 Å². The zero-order valence-electron chi connectivity index (χ0n) is 20.4. The molecule has 33 heavy (non-hydrogen) atoms. The van der Waals surface area contributed by atoms with Crippen LogP contribution in [-0.2, 0) is 22.6 Å². The maximum Gasteiger partial charge on any atom is 0.242 e. The summed E-state index contributed by atoms with van der Waals surface area (Å²) in [5.41, 5.74) is 2.01. The quantitative estimate of drug-likeness (QED) is 0.447. The van der Waals surface area contributed by atoms with Gasteiger partial charge in [-0.15, -0.1) is 0 Å².